The second-order valence-electron chi connectivity index (χ2n) is 4.55. The highest BCUT2D eigenvalue weighted by Gasteiger charge is 2.18. The fraction of sp³-hybridized carbons (Fsp3) is 0.188. The number of rotatable bonds is 5. The summed E-state index contributed by atoms with van der Waals surface area (Å²) in [6.07, 6.45) is -0.818. The first-order valence-electron chi connectivity index (χ1n) is 6.57. The standard InChI is InChI=1S/C16H13Cl3O4/c1-9(16(20)21-2)22-15-8-11(18)4-6-14(15)23-13-5-3-10(17)7-12(13)19/h3-9H,1-2H3. The molecule has 0 aliphatic carbocycles. The van der Waals surface area contributed by atoms with E-state index in [2.05, 4.69) is 4.74 Å². The van der Waals surface area contributed by atoms with E-state index in [-0.39, 0.29) is 0 Å². The Balaban J connectivity index is 2.29. The lowest BCUT2D eigenvalue weighted by Gasteiger charge is -2.16. The maximum absolute atomic E-state index is 11.5. The molecule has 1 unspecified atom stereocenters. The van der Waals surface area contributed by atoms with Gasteiger partial charge in [-0.1, -0.05) is 34.8 Å². The summed E-state index contributed by atoms with van der Waals surface area (Å²) >= 11 is 17.9. The lowest BCUT2D eigenvalue weighted by atomic mass is 10.3. The van der Waals surface area contributed by atoms with Gasteiger partial charge in [-0.25, -0.2) is 4.79 Å². The van der Waals surface area contributed by atoms with E-state index in [0.29, 0.717) is 32.3 Å². The monoisotopic (exact) mass is 374 g/mol. The molecule has 0 saturated carbocycles. The van der Waals surface area contributed by atoms with E-state index in [1.165, 1.54) is 7.11 Å². The zero-order valence-electron chi connectivity index (χ0n) is 12.3. The number of benzene rings is 2. The van der Waals surface area contributed by atoms with E-state index >= 15 is 0 Å². The highest BCUT2D eigenvalue weighted by molar-refractivity contribution is 6.35. The van der Waals surface area contributed by atoms with Crippen LogP contribution in [0.2, 0.25) is 15.1 Å². The second-order valence-corrected chi connectivity index (χ2v) is 5.83. The highest BCUT2D eigenvalue weighted by atomic mass is 35.5. The number of halogens is 3. The SMILES string of the molecule is COC(=O)C(C)Oc1cc(Cl)ccc1Oc1ccc(Cl)cc1Cl. The Labute approximate surface area is 148 Å². The number of carbonyl (C=O) groups is 1. The first-order chi connectivity index (χ1) is 10.9. The normalized spacial score (nSPS) is 11.7. The molecule has 7 heteroatoms. The molecule has 0 amide bonds. The van der Waals surface area contributed by atoms with Gasteiger partial charge in [0.15, 0.2) is 17.6 Å². The van der Waals surface area contributed by atoms with Crippen molar-refractivity contribution in [3.63, 3.8) is 0 Å². The number of hydrogen-bond acceptors (Lipinski definition) is 4. The van der Waals surface area contributed by atoms with Crippen molar-refractivity contribution in [1.29, 1.82) is 0 Å². The molecule has 0 spiro atoms. The molecular formula is C16H13Cl3O4. The van der Waals surface area contributed by atoms with Gasteiger partial charge in [-0.2, -0.15) is 0 Å². The van der Waals surface area contributed by atoms with Crippen LogP contribution in [0.1, 0.15) is 6.92 Å². The molecule has 0 fully saturated rings. The third-order valence-electron chi connectivity index (χ3n) is 2.86. The van der Waals surface area contributed by atoms with Gasteiger partial charge >= 0.3 is 5.97 Å². The van der Waals surface area contributed by atoms with Crippen molar-refractivity contribution in [1.82, 2.24) is 0 Å². The Kier molecular flexibility index (Phi) is 5.99. The van der Waals surface area contributed by atoms with Gasteiger partial charge in [0.1, 0.15) is 5.75 Å². The predicted octanol–water partition coefficient (Wildman–Crippen LogP) is 5.38. The van der Waals surface area contributed by atoms with Crippen molar-refractivity contribution >= 4 is 40.8 Å². The zero-order chi connectivity index (χ0) is 17.0. The Morgan fingerprint density at radius 2 is 1.57 bits per heavy atom. The molecule has 0 radical (unpaired) electrons. The van der Waals surface area contributed by atoms with Crippen LogP contribution in [0.15, 0.2) is 36.4 Å². The van der Waals surface area contributed by atoms with Gasteiger partial charge in [-0.15, -0.1) is 0 Å². The van der Waals surface area contributed by atoms with Gasteiger partial charge in [0.05, 0.1) is 12.1 Å². The molecule has 23 heavy (non-hydrogen) atoms. The van der Waals surface area contributed by atoms with E-state index in [4.69, 9.17) is 44.3 Å². The topological polar surface area (TPSA) is 44.8 Å². The third kappa shape index (κ3) is 4.67. The van der Waals surface area contributed by atoms with Crippen molar-refractivity contribution in [2.45, 2.75) is 13.0 Å². The fourth-order valence-corrected chi connectivity index (χ4v) is 2.35. The van der Waals surface area contributed by atoms with E-state index in [9.17, 15) is 4.79 Å². The lowest BCUT2D eigenvalue weighted by Crippen LogP contribution is -2.25. The van der Waals surface area contributed by atoms with E-state index in [1.54, 1.807) is 43.3 Å². The number of carbonyl (C=O) groups excluding carboxylic acids is 1. The molecule has 2 rings (SSSR count). The molecule has 2 aromatic carbocycles. The van der Waals surface area contributed by atoms with Gasteiger partial charge in [-0.3, -0.25) is 0 Å². The third-order valence-corrected chi connectivity index (χ3v) is 3.62. The number of ether oxygens (including phenoxy) is 3. The average Bonchev–Trinajstić information content (AvgIpc) is 2.51. The number of methoxy groups -OCH3 is 1. The number of hydrogen-bond donors (Lipinski definition) is 0. The Morgan fingerprint density at radius 3 is 2.17 bits per heavy atom. The van der Waals surface area contributed by atoms with Crippen LogP contribution in [-0.2, 0) is 9.53 Å². The minimum atomic E-state index is -0.818. The number of esters is 1. The van der Waals surface area contributed by atoms with Crippen LogP contribution < -0.4 is 9.47 Å². The largest absolute Gasteiger partial charge is 0.475 e. The fourth-order valence-electron chi connectivity index (χ4n) is 1.74. The molecule has 0 N–H and O–H groups in total. The quantitative estimate of drug-likeness (QED) is 0.658. The summed E-state index contributed by atoms with van der Waals surface area (Å²) in [5, 5.41) is 1.28. The van der Waals surface area contributed by atoms with E-state index in [1.807, 2.05) is 0 Å². The Morgan fingerprint density at radius 1 is 0.957 bits per heavy atom. The minimum absolute atomic E-state index is 0.293. The van der Waals surface area contributed by atoms with Crippen molar-refractivity contribution < 1.29 is 19.0 Å². The van der Waals surface area contributed by atoms with Crippen LogP contribution in [0.4, 0.5) is 0 Å². The first kappa shape index (κ1) is 17.7. The summed E-state index contributed by atoms with van der Waals surface area (Å²) in [7, 11) is 1.28. The van der Waals surface area contributed by atoms with E-state index in [0.717, 1.165) is 0 Å². The molecule has 0 aliphatic rings. The summed E-state index contributed by atoms with van der Waals surface area (Å²) in [5.74, 6) is 0.533. The average molecular weight is 376 g/mol. The van der Waals surface area contributed by atoms with Crippen molar-refractivity contribution in [2.24, 2.45) is 0 Å². The van der Waals surface area contributed by atoms with Gasteiger partial charge in [0, 0.05) is 16.1 Å². The molecule has 2 aromatic rings. The van der Waals surface area contributed by atoms with Crippen LogP contribution in [0.25, 0.3) is 0 Å². The van der Waals surface area contributed by atoms with Crippen LogP contribution in [0.5, 0.6) is 17.2 Å². The molecule has 4 nitrogen and oxygen atoms in total. The lowest BCUT2D eigenvalue weighted by molar-refractivity contribution is -0.147. The summed E-state index contributed by atoms with van der Waals surface area (Å²) in [5.41, 5.74) is 0. The highest BCUT2D eigenvalue weighted by Crippen LogP contribution is 2.38. The van der Waals surface area contributed by atoms with Crippen LogP contribution >= 0.6 is 34.8 Å². The van der Waals surface area contributed by atoms with Gasteiger partial charge < -0.3 is 14.2 Å². The van der Waals surface area contributed by atoms with Gasteiger partial charge in [0.2, 0.25) is 0 Å². The summed E-state index contributed by atoms with van der Waals surface area (Å²) in [6, 6.07) is 9.64. The molecule has 0 saturated heterocycles. The van der Waals surface area contributed by atoms with Gasteiger partial charge in [0.25, 0.3) is 0 Å². The van der Waals surface area contributed by atoms with Crippen LogP contribution in [0.3, 0.4) is 0 Å². The summed E-state index contributed by atoms with van der Waals surface area (Å²) < 4.78 is 15.9. The molecule has 0 aliphatic heterocycles. The first-order valence-corrected chi connectivity index (χ1v) is 7.71. The smallest absolute Gasteiger partial charge is 0.346 e. The summed E-state index contributed by atoms with van der Waals surface area (Å²) in [4.78, 5) is 11.5. The Bertz CT molecular complexity index is 718. The summed E-state index contributed by atoms with van der Waals surface area (Å²) in [6.45, 7) is 1.56. The van der Waals surface area contributed by atoms with Crippen molar-refractivity contribution in [3.05, 3.63) is 51.5 Å². The van der Waals surface area contributed by atoms with Gasteiger partial charge in [-0.05, 0) is 37.3 Å². The maximum atomic E-state index is 11.5. The molecule has 1 atom stereocenters. The molecule has 0 bridgehead atoms. The van der Waals surface area contributed by atoms with Crippen molar-refractivity contribution in [2.75, 3.05) is 7.11 Å². The minimum Gasteiger partial charge on any atom is -0.475 e. The molecule has 0 aromatic heterocycles. The molecule has 122 valence electrons. The molecule has 0 heterocycles. The van der Waals surface area contributed by atoms with Crippen LogP contribution in [0, 0.1) is 0 Å². The van der Waals surface area contributed by atoms with Crippen LogP contribution in [-0.4, -0.2) is 19.2 Å². The maximum Gasteiger partial charge on any atom is 0.346 e. The van der Waals surface area contributed by atoms with Crippen molar-refractivity contribution in [3.8, 4) is 17.2 Å². The van der Waals surface area contributed by atoms with E-state index < -0.39 is 12.1 Å². The molecular weight excluding hydrogens is 363 g/mol. The second kappa shape index (κ2) is 7.77. The predicted molar refractivity (Wildman–Crippen MR) is 90.1 cm³/mol. The zero-order valence-corrected chi connectivity index (χ0v) is 14.6. The Hall–Kier alpha value is -1.62.